The third-order valence-corrected chi connectivity index (χ3v) is 7.76. The number of methoxy groups -OCH3 is 1. The Hall–Kier alpha value is -3.69. The van der Waals surface area contributed by atoms with Crippen molar-refractivity contribution in [2.24, 2.45) is 0 Å². The molecule has 8 nitrogen and oxygen atoms in total. The highest BCUT2D eigenvalue weighted by molar-refractivity contribution is 7.17. The number of aromatic nitrogens is 1. The van der Waals surface area contributed by atoms with Crippen LogP contribution >= 0.6 is 22.9 Å². The molecule has 196 valence electrons. The van der Waals surface area contributed by atoms with Crippen LogP contribution in [-0.2, 0) is 4.74 Å². The van der Waals surface area contributed by atoms with Gasteiger partial charge in [0.25, 0.3) is 5.91 Å². The summed E-state index contributed by atoms with van der Waals surface area (Å²) < 4.78 is 16.8. The van der Waals surface area contributed by atoms with E-state index in [1.165, 1.54) is 18.1 Å². The summed E-state index contributed by atoms with van der Waals surface area (Å²) in [5, 5.41) is 0.900. The number of esters is 1. The lowest BCUT2D eigenvalue weighted by atomic mass is 9.98. The highest BCUT2D eigenvalue weighted by atomic mass is 35.5. The van der Waals surface area contributed by atoms with Gasteiger partial charge in [0, 0.05) is 5.02 Å². The minimum atomic E-state index is -0.854. The predicted molar refractivity (Wildman–Crippen MR) is 146 cm³/mol. The molecule has 0 spiro atoms. The summed E-state index contributed by atoms with van der Waals surface area (Å²) in [6.07, 6.45) is 3.05. The van der Waals surface area contributed by atoms with Crippen LogP contribution in [-0.4, -0.2) is 30.6 Å². The summed E-state index contributed by atoms with van der Waals surface area (Å²) in [6.45, 7) is 4.35. The van der Waals surface area contributed by atoms with Gasteiger partial charge in [0.2, 0.25) is 5.76 Å². The molecule has 2 aromatic heterocycles. The lowest BCUT2D eigenvalue weighted by molar-refractivity contribution is 0.0605. The number of rotatable bonds is 8. The average Bonchev–Trinajstić information content (AvgIpc) is 3.44. The molecule has 5 rings (SSSR count). The fraction of sp³-hybridized carbons (Fsp3) is 0.286. The molecule has 0 fully saturated rings. The van der Waals surface area contributed by atoms with Crippen molar-refractivity contribution in [1.82, 2.24) is 4.98 Å². The van der Waals surface area contributed by atoms with Gasteiger partial charge in [0.05, 0.1) is 36.4 Å². The van der Waals surface area contributed by atoms with E-state index in [-0.39, 0.29) is 37.7 Å². The number of fused-ring (bicyclic) bond motifs is 2. The molecule has 1 amide bonds. The summed E-state index contributed by atoms with van der Waals surface area (Å²) >= 11 is 7.20. The lowest BCUT2D eigenvalue weighted by Gasteiger charge is -2.23. The molecule has 2 aromatic carbocycles. The number of carbonyl (C=O) groups is 2. The van der Waals surface area contributed by atoms with E-state index < -0.39 is 17.9 Å². The zero-order valence-electron chi connectivity index (χ0n) is 21.1. The Kier molecular flexibility index (Phi) is 7.23. The number of hydrogen-bond donors (Lipinski definition) is 0. The zero-order valence-corrected chi connectivity index (χ0v) is 22.6. The number of amides is 1. The molecule has 1 aliphatic rings. The number of halogens is 1. The van der Waals surface area contributed by atoms with Crippen molar-refractivity contribution in [2.45, 2.75) is 39.2 Å². The molecule has 4 aromatic rings. The first-order chi connectivity index (χ1) is 18.3. The average molecular weight is 553 g/mol. The number of hydrogen-bond acceptors (Lipinski definition) is 8. The summed E-state index contributed by atoms with van der Waals surface area (Å²) in [6, 6.07) is 11.1. The lowest BCUT2D eigenvalue weighted by Crippen LogP contribution is -2.29. The van der Waals surface area contributed by atoms with Crippen molar-refractivity contribution in [2.75, 3.05) is 18.6 Å². The molecule has 0 radical (unpaired) electrons. The maximum atomic E-state index is 13.8. The molecule has 3 heterocycles. The second-order valence-corrected chi connectivity index (χ2v) is 10.3. The third kappa shape index (κ3) is 4.56. The van der Waals surface area contributed by atoms with Crippen LogP contribution in [0.4, 0.5) is 5.13 Å². The van der Waals surface area contributed by atoms with Crippen LogP contribution in [0.25, 0.3) is 11.0 Å². The van der Waals surface area contributed by atoms with Crippen molar-refractivity contribution in [3.05, 3.63) is 85.2 Å². The van der Waals surface area contributed by atoms with Crippen molar-refractivity contribution in [1.29, 1.82) is 0 Å². The Morgan fingerprint density at radius 1 is 1.18 bits per heavy atom. The molecule has 0 aliphatic carbocycles. The van der Waals surface area contributed by atoms with Crippen molar-refractivity contribution in [3.8, 4) is 5.75 Å². The minimum Gasteiger partial charge on any atom is -0.494 e. The first kappa shape index (κ1) is 25.9. The predicted octanol–water partition coefficient (Wildman–Crippen LogP) is 6.32. The van der Waals surface area contributed by atoms with Crippen molar-refractivity contribution < 1.29 is 23.5 Å². The monoisotopic (exact) mass is 552 g/mol. The largest absolute Gasteiger partial charge is 0.494 e. The minimum absolute atomic E-state index is 0.0726. The van der Waals surface area contributed by atoms with E-state index in [4.69, 9.17) is 25.5 Å². The molecule has 0 N–H and O–H groups in total. The van der Waals surface area contributed by atoms with Gasteiger partial charge in [-0.3, -0.25) is 14.5 Å². The Morgan fingerprint density at radius 3 is 2.76 bits per heavy atom. The number of carbonyl (C=O) groups excluding carboxylic acids is 2. The van der Waals surface area contributed by atoms with Gasteiger partial charge in [-0.05, 0) is 49.2 Å². The summed E-state index contributed by atoms with van der Waals surface area (Å²) in [7, 11) is 1.28. The Bertz CT molecular complexity index is 1610. The van der Waals surface area contributed by atoms with Gasteiger partial charge < -0.3 is 13.9 Å². The van der Waals surface area contributed by atoms with Crippen molar-refractivity contribution in [3.63, 3.8) is 0 Å². The third-order valence-electron chi connectivity index (χ3n) is 6.38. The molecule has 0 bridgehead atoms. The van der Waals surface area contributed by atoms with Crippen LogP contribution < -0.4 is 15.1 Å². The van der Waals surface area contributed by atoms with Gasteiger partial charge in [-0.1, -0.05) is 54.8 Å². The van der Waals surface area contributed by atoms with E-state index in [0.717, 1.165) is 30.6 Å². The SMILES string of the molecule is CCCCCOc1cccc(C2c3c(oc4ccc(Cl)cc4c3=O)C(=O)N2c2nc(C)c(C(=O)OC)s2)c1. The second-order valence-electron chi connectivity index (χ2n) is 8.92. The Labute approximate surface area is 227 Å². The number of unbranched alkanes of at least 4 members (excludes halogenated alkanes) is 2. The number of benzene rings is 2. The van der Waals surface area contributed by atoms with Crippen LogP contribution in [0.15, 0.2) is 51.7 Å². The Balaban J connectivity index is 1.68. The maximum absolute atomic E-state index is 13.8. The number of ether oxygens (including phenoxy) is 2. The molecule has 38 heavy (non-hydrogen) atoms. The molecule has 10 heteroatoms. The van der Waals surface area contributed by atoms with Crippen LogP contribution in [0.2, 0.25) is 5.02 Å². The zero-order chi connectivity index (χ0) is 27.0. The molecule has 1 atom stereocenters. The van der Waals surface area contributed by atoms with E-state index in [1.54, 1.807) is 19.1 Å². The van der Waals surface area contributed by atoms with E-state index in [0.29, 0.717) is 28.6 Å². The van der Waals surface area contributed by atoms with Gasteiger partial charge in [0.15, 0.2) is 10.6 Å². The quantitative estimate of drug-likeness (QED) is 0.186. The fourth-order valence-electron chi connectivity index (χ4n) is 4.54. The van der Waals surface area contributed by atoms with E-state index >= 15 is 0 Å². The molecule has 0 saturated carbocycles. The van der Waals surface area contributed by atoms with Crippen LogP contribution in [0, 0.1) is 6.92 Å². The second kappa shape index (κ2) is 10.6. The number of anilines is 1. The molecule has 0 saturated heterocycles. The summed E-state index contributed by atoms with van der Waals surface area (Å²) in [5.41, 5.74) is 1.14. The van der Waals surface area contributed by atoms with Crippen LogP contribution in [0.3, 0.4) is 0 Å². The summed E-state index contributed by atoms with van der Waals surface area (Å²) in [5.74, 6) is -0.530. The number of thiazole rings is 1. The maximum Gasteiger partial charge on any atom is 0.350 e. The highest BCUT2D eigenvalue weighted by Crippen LogP contribution is 2.43. The van der Waals surface area contributed by atoms with Gasteiger partial charge in [-0.2, -0.15) is 0 Å². The molecular weight excluding hydrogens is 528 g/mol. The van der Waals surface area contributed by atoms with E-state index in [1.807, 2.05) is 24.3 Å². The highest BCUT2D eigenvalue weighted by Gasteiger charge is 2.45. The molecular formula is C28H25ClN2O6S. The number of nitrogens with zero attached hydrogens (tertiary/aromatic N) is 2. The van der Waals surface area contributed by atoms with Gasteiger partial charge in [-0.25, -0.2) is 9.78 Å². The normalized spacial score (nSPS) is 14.7. The molecule has 1 unspecified atom stereocenters. The standard InChI is InChI=1S/C28H25ClN2O6S/c1-4-5-6-12-36-18-9-7-8-16(13-18)22-21-23(32)19-14-17(29)10-11-20(19)37-24(21)26(33)31(22)28-30-15(2)25(38-28)27(34)35-3/h7-11,13-14,22H,4-6,12H2,1-3H3. The van der Waals surface area contributed by atoms with Crippen LogP contribution in [0.5, 0.6) is 5.75 Å². The topological polar surface area (TPSA) is 98.9 Å². The van der Waals surface area contributed by atoms with Crippen LogP contribution in [0.1, 0.15) is 69.3 Å². The first-order valence-corrected chi connectivity index (χ1v) is 13.4. The van der Waals surface area contributed by atoms with E-state index in [9.17, 15) is 14.4 Å². The van der Waals surface area contributed by atoms with Gasteiger partial charge in [0.1, 0.15) is 16.2 Å². The molecule has 1 aliphatic heterocycles. The Morgan fingerprint density at radius 2 is 2.00 bits per heavy atom. The fourth-order valence-corrected chi connectivity index (χ4v) is 5.73. The van der Waals surface area contributed by atoms with Gasteiger partial charge >= 0.3 is 5.97 Å². The first-order valence-electron chi connectivity index (χ1n) is 12.2. The number of aryl methyl sites for hydroxylation is 1. The van der Waals surface area contributed by atoms with Gasteiger partial charge in [-0.15, -0.1) is 0 Å². The smallest absolute Gasteiger partial charge is 0.350 e. The summed E-state index contributed by atoms with van der Waals surface area (Å²) in [4.78, 5) is 46.1. The van der Waals surface area contributed by atoms with Crippen molar-refractivity contribution >= 4 is 50.9 Å². The van der Waals surface area contributed by atoms with E-state index in [2.05, 4.69) is 11.9 Å².